The zero-order valence-electron chi connectivity index (χ0n) is 17.7. The number of hydrogen-bond acceptors (Lipinski definition) is 5. The number of carbonyl (C=O) groups is 2. The molecular weight excluding hydrogens is 358 g/mol. The Labute approximate surface area is 166 Å². The maximum absolute atomic E-state index is 12.7. The summed E-state index contributed by atoms with van der Waals surface area (Å²) in [6.07, 6.45) is 0.771. The van der Waals surface area contributed by atoms with Crippen molar-refractivity contribution in [3.8, 4) is 5.75 Å². The van der Waals surface area contributed by atoms with Crippen LogP contribution in [0.4, 0.5) is 4.79 Å². The summed E-state index contributed by atoms with van der Waals surface area (Å²) in [7, 11) is 0. The second-order valence-corrected chi connectivity index (χ2v) is 9.48. The van der Waals surface area contributed by atoms with E-state index < -0.39 is 12.1 Å². The van der Waals surface area contributed by atoms with Gasteiger partial charge in [-0.05, 0) is 47.9 Å². The minimum Gasteiger partial charge on any atom is -0.508 e. The van der Waals surface area contributed by atoms with E-state index in [0.29, 0.717) is 23.7 Å². The molecule has 0 aliphatic rings. The Morgan fingerprint density at radius 2 is 1.50 bits per heavy atom. The lowest BCUT2D eigenvalue weighted by Gasteiger charge is -2.18. The van der Waals surface area contributed by atoms with Crippen molar-refractivity contribution < 1.29 is 24.2 Å². The lowest BCUT2D eigenvalue weighted by molar-refractivity contribution is 0.0450. The SMILES string of the molecule is CC(C)(C)CCOC(=O)c1cc2cc(O)ccc2n1C(=O)OCCC(C)(C)C. The van der Waals surface area contributed by atoms with Gasteiger partial charge in [-0.15, -0.1) is 0 Å². The second-order valence-electron chi connectivity index (χ2n) is 9.48. The number of hydrogen-bond donors (Lipinski definition) is 1. The van der Waals surface area contributed by atoms with Crippen LogP contribution in [0.3, 0.4) is 0 Å². The van der Waals surface area contributed by atoms with Gasteiger partial charge in [0.2, 0.25) is 0 Å². The van der Waals surface area contributed by atoms with Crippen LogP contribution in [0, 0.1) is 10.8 Å². The number of phenolic OH excluding ortho intramolecular Hbond substituents is 1. The molecule has 2 aromatic rings. The highest BCUT2D eigenvalue weighted by atomic mass is 16.6. The molecule has 1 heterocycles. The van der Waals surface area contributed by atoms with Gasteiger partial charge in [-0.2, -0.15) is 0 Å². The fourth-order valence-corrected chi connectivity index (χ4v) is 2.58. The van der Waals surface area contributed by atoms with Gasteiger partial charge in [-0.25, -0.2) is 14.2 Å². The quantitative estimate of drug-likeness (QED) is 0.697. The highest BCUT2D eigenvalue weighted by molar-refractivity contribution is 6.01. The number of fused-ring (bicyclic) bond motifs is 1. The van der Waals surface area contributed by atoms with Gasteiger partial charge in [0.1, 0.15) is 11.4 Å². The van der Waals surface area contributed by atoms with Crippen LogP contribution in [0.2, 0.25) is 0 Å². The third-order valence-corrected chi connectivity index (χ3v) is 4.34. The predicted molar refractivity (Wildman–Crippen MR) is 109 cm³/mol. The van der Waals surface area contributed by atoms with Crippen molar-refractivity contribution in [2.75, 3.05) is 13.2 Å². The van der Waals surface area contributed by atoms with Crippen molar-refractivity contribution in [1.29, 1.82) is 0 Å². The first-order valence-electron chi connectivity index (χ1n) is 9.56. The normalized spacial score (nSPS) is 12.2. The van der Waals surface area contributed by atoms with Gasteiger partial charge < -0.3 is 14.6 Å². The molecule has 0 spiro atoms. The number of aromatic hydroxyl groups is 1. The first-order chi connectivity index (χ1) is 12.9. The van der Waals surface area contributed by atoms with E-state index in [1.807, 2.05) is 0 Å². The standard InChI is InChI=1S/C22H31NO5/c1-21(2,3)9-11-27-19(25)18-14-15-13-16(24)7-8-17(15)23(18)20(26)28-12-10-22(4,5)6/h7-8,13-14,24H,9-12H2,1-6H3. The van der Waals surface area contributed by atoms with E-state index >= 15 is 0 Å². The van der Waals surface area contributed by atoms with E-state index in [9.17, 15) is 14.7 Å². The lowest BCUT2D eigenvalue weighted by Crippen LogP contribution is -2.22. The number of benzene rings is 1. The number of aromatic nitrogens is 1. The van der Waals surface area contributed by atoms with Crippen molar-refractivity contribution in [2.24, 2.45) is 10.8 Å². The Morgan fingerprint density at radius 1 is 0.929 bits per heavy atom. The van der Waals surface area contributed by atoms with E-state index in [-0.39, 0.29) is 35.5 Å². The van der Waals surface area contributed by atoms with E-state index in [4.69, 9.17) is 9.47 Å². The Balaban J connectivity index is 2.27. The fourth-order valence-electron chi connectivity index (χ4n) is 2.58. The molecule has 0 atom stereocenters. The molecule has 0 amide bonds. The van der Waals surface area contributed by atoms with E-state index in [1.54, 1.807) is 12.1 Å². The minimum absolute atomic E-state index is 0.0273. The van der Waals surface area contributed by atoms with Gasteiger partial charge in [0.05, 0.1) is 18.7 Å². The molecule has 0 saturated carbocycles. The molecule has 2 rings (SSSR count). The Morgan fingerprint density at radius 3 is 2.07 bits per heavy atom. The van der Waals surface area contributed by atoms with Gasteiger partial charge in [0.25, 0.3) is 0 Å². The first-order valence-corrected chi connectivity index (χ1v) is 9.56. The maximum atomic E-state index is 12.7. The molecule has 0 aliphatic heterocycles. The maximum Gasteiger partial charge on any atom is 0.419 e. The van der Waals surface area contributed by atoms with Crippen molar-refractivity contribution in [1.82, 2.24) is 4.57 Å². The highest BCUT2D eigenvalue weighted by Crippen LogP contribution is 2.26. The molecule has 0 unspecified atom stereocenters. The van der Waals surface area contributed by atoms with Crippen LogP contribution in [0.5, 0.6) is 5.75 Å². The molecule has 0 saturated heterocycles. The third kappa shape index (κ3) is 6.01. The van der Waals surface area contributed by atoms with Crippen LogP contribution in [0.1, 0.15) is 64.9 Å². The molecule has 1 aromatic carbocycles. The van der Waals surface area contributed by atoms with Crippen LogP contribution in [0.25, 0.3) is 10.9 Å². The lowest BCUT2D eigenvalue weighted by atomic mass is 9.93. The topological polar surface area (TPSA) is 77.8 Å². The van der Waals surface area contributed by atoms with Gasteiger partial charge >= 0.3 is 12.1 Å². The number of esters is 1. The minimum atomic E-state index is -0.632. The molecule has 0 radical (unpaired) electrons. The van der Waals surface area contributed by atoms with E-state index in [1.165, 1.54) is 16.7 Å². The monoisotopic (exact) mass is 389 g/mol. The summed E-state index contributed by atoms with van der Waals surface area (Å²) in [4.78, 5) is 25.3. The molecule has 6 heteroatoms. The largest absolute Gasteiger partial charge is 0.508 e. The second kappa shape index (κ2) is 8.25. The molecule has 0 fully saturated rings. The number of carbonyl (C=O) groups excluding carboxylic acids is 2. The van der Waals surface area contributed by atoms with Crippen LogP contribution in [-0.2, 0) is 9.47 Å². The molecule has 154 valence electrons. The smallest absolute Gasteiger partial charge is 0.419 e. The van der Waals surface area contributed by atoms with Crippen molar-refractivity contribution in [3.63, 3.8) is 0 Å². The molecular formula is C22H31NO5. The van der Waals surface area contributed by atoms with Gasteiger partial charge in [-0.3, -0.25) is 0 Å². The average molecular weight is 389 g/mol. The van der Waals surface area contributed by atoms with Crippen molar-refractivity contribution in [2.45, 2.75) is 54.4 Å². The van der Waals surface area contributed by atoms with Crippen LogP contribution >= 0.6 is 0 Å². The molecule has 1 N–H and O–H groups in total. The van der Waals surface area contributed by atoms with Crippen LogP contribution < -0.4 is 0 Å². The zero-order valence-corrected chi connectivity index (χ0v) is 17.7. The Bertz CT molecular complexity index is 852. The number of phenols is 1. The van der Waals surface area contributed by atoms with Crippen LogP contribution in [-0.4, -0.2) is 34.9 Å². The van der Waals surface area contributed by atoms with E-state index in [0.717, 1.165) is 0 Å². The van der Waals surface area contributed by atoms with Crippen LogP contribution in [0.15, 0.2) is 24.3 Å². The summed E-state index contributed by atoms with van der Waals surface area (Å²) in [5.74, 6) is -0.536. The van der Waals surface area contributed by atoms with Crippen molar-refractivity contribution >= 4 is 23.0 Å². The Hall–Kier alpha value is -2.50. The van der Waals surface area contributed by atoms with Crippen molar-refractivity contribution in [3.05, 3.63) is 30.0 Å². The first kappa shape index (κ1) is 21.8. The van der Waals surface area contributed by atoms with Gasteiger partial charge in [0, 0.05) is 5.39 Å². The molecule has 6 nitrogen and oxygen atoms in total. The summed E-state index contributed by atoms with van der Waals surface area (Å²) >= 11 is 0. The van der Waals surface area contributed by atoms with Gasteiger partial charge in [0.15, 0.2) is 0 Å². The summed E-state index contributed by atoms with van der Waals surface area (Å²) < 4.78 is 12.0. The van der Waals surface area contributed by atoms with Gasteiger partial charge in [-0.1, -0.05) is 41.5 Å². The number of rotatable bonds is 5. The van der Waals surface area contributed by atoms with E-state index in [2.05, 4.69) is 41.5 Å². The molecule has 0 bridgehead atoms. The summed E-state index contributed by atoms with van der Waals surface area (Å²) in [5, 5.41) is 10.3. The number of nitrogens with zero attached hydrogens (tertiary/aromatic N) is 1. The summed E-state index contributed by atoms with van der Waals surface area (Å²) in [6, 6.07) is 6.09. The summed E-state index contributed by atoms with van der Waals surface area (Å²) in [5.41, 5.74) is 0.640. The molecule has 0 aliphatic carbocycles. The number of ether oxygens (including phenoxy) is 2. The fraction of sp³-hybridized carbons (Fsp3) is 0.545. The predicted octanol–water partition coefficient (Wildman–Crippen LogP) is 5.36. The Kier molecular flexibility index (Phi) is 6.42. The highest BCUT2D eigenvalue weighted by Gasteiger charge is 2.24. The summed E-state index contributed by atoms with van der Waals surface area (Å²) in [6.45, 7) is 12.9. The third-order valence-electron chi connectivity index (χ3n) is 4.34. The zero-order chi connectivity index (χ0) is 21.1. The average Bonchev–Trinajstić information content (AvgIpc) is 2.90. The molecule has 1 aromatic heterocycles. The molecule has 28 heavy (non-hydrogen) atoms.